The topological polar surface area (TPSA) is 166 Å². The van der Waals surface area contributed by atoms with Gasteiger partial charge in [-0.05, 0) is 99.4 Å². The van der Waals surface area contributed by atoms with Gasteiger partial charge in [0.25, 0.3) is 0 Å². The third kappa shape index (κ3) is 9.10. The number of amides is 5. The summed E-state index contributed by atoms with van der Waals surface area (Å²) in [6, 6.07) is 10.5. The maximum atomic E-state index is 15.5. The lowest BCUT2D eigenvalue weighted by atomic mass is 9.95. The number of urea groups is 1. The highest BCUT2D eigenvalue weighted by atomic mass is 19.1. The Labute approximate surface area is 365 Å². The summed E-state index contributed by atoms with van der Waals surface area (Å²) in [6.45, 7) is 13.5. The van der Waals surface area contributed by atoms with Crippen molar-refractivity contribution in [3.63, 3.8) is 0 Å². The lowest BCUT2D eigenvalue weighted by Crippen LogP contribution is -2.49. The smallest absolute Gasteiger partial charge is 0.415 e. The van der Waals surface area contributed by atoms with Crippen molar-refractivity contribution in [1.82, 2.24) is 30.1 Å². The van der Waals surface area contributed by atoms with Crippen LogP contribution in [0.3, 0.4) is 0 Å². The molecular formula is C46H53FN10O6. The molecule has 5 amide bonds. The molecule has 2 fully saturated rings. The third-order valence-electron chi connectivity index (χ3n) is 12.4. The van der Waals surface area contributed by atoms with Crippen LogP contribution < -0.4 is 30.1 Å². The van der Waals surface area contributed by atoms with Crippen molar-refractivity contribution in [2.75, 3.05) is 65.9 Å². The molecule has 2 aromatic carbocycles. The predicted molar refractivity (Wildman–Crippen MR) is 234 cm³/mol. The van der Waals surface area contributed by atoms with E-state index in [2.05, 4.69) is 42.5 Å². The van der Waals surface area contributed by atoms with Gasteiger partial charge in [-0.1, -0.05) is 12.1 Å². The Morgan fingerprint density at radius 3 is 2.52 bits per heavy atom. The highest BCUT2D eigenvalue weighted by Gasteiger charge is 2.34. The van der Waals surface area contributed by atoms with Crippen molar-refractivity contribution in [2.45, 2.75) is 85.0 Å². The molecule has 0 saturated carbocycles. The third-order valence-corrected chi connectivity index (χ3v) is 12.4. The number of halogens is 1. The summed E-state index contributed by atoms with van der Waals surface area (Å²) in [6.07, 6.45) is 5.85. The fourth-order valence-electron chi connectivity index (χ4n) is 9.18. The Kier molecular flexibility index (Phi) is 11.4. The van der Waals surface area contributed by atoms with Crippen molar-refractivity contribution in [2.24, 2.45) is 5.92 Å². The van der Waals surface area contributed by atoms with Crippen LogP contribution in [0.25, 0.3) is 0 Å². The number of ether oxygens (including phenoxy) is 2. The highest BCUT2D eigenvalue weighted by Crippen LogP contribution is 2.40. The summed E-state index contributed by atoms with van der Waals surface area (Å²) in [5.74, 6) is 0.360. The first-order chi connectivity index (χ1) is 30.2. The minimum atomic E-state index is -0.649. The quantitative estimate of drug-likeness (QED) is 0.213. The Hall–Kier alpha value is -6.36. The SMILES string of the molecule is Cc1c(N2CCc3cnc(Nc4ccc(CC(=O)N5CCC(CN6Cc7ccc(N8CCC(=O)NC8=O)cc7C6)CC5)c(F)c4)nc3C2)cnc2c1N(C(=O)OC(C)(C)C)CCO2. The highest BCUT2D eigenvalue weighted by molar-refractivity contribution is 6.05. The van der Waals surface area contributed by atoms with Crippen LogP contribution in [0.5, 0.6) is 5.88 Å². The number of aromatic nitrogens is 3. The van der Waals surface area contributed by atoms with Gasteiger partial charge in [0.15, 0.2) is 0 Å². The van der Waals surface area contributed by atoms with Crippen LogP contribution in [0.4, 0.5) is 42.7 Å². The van der Waals surface area contributed by atoms with E-state index in [4.69, 9.17) is 14.5 Å². The van der Waals surface area contributed by atoms with Crippen LogP contribution in [0.15, 0.2) is 48.8 Å². The maximum Gasteiger partial charge on any atom is 0.415 e. The van der Waals surface area contributed by atoms with Gasteiger partial charge < -0.3 is 24.6 Å². The fourth-order valence-corrected chi connectivity index (χ4v) is 9.18. The number of benzene rings is 2. The molecule has 0 unspecified atom stereocenters. The van der Waals surface area contributed by atoms with E-state index in [1.54, 1.807) is 34.3 Å². The number of hydrogen-bond acceptors (Lipinski definition) is 12. The standard InChI is InChI=1S/C46H53FN10O6/c1-28-38(23-48-42-41(28)57(17-18-62-42)45(61)63-46(2,3)4)55-15-11-31-22-49-43(51-37(31)27-55)50-34-7-5-30(36(47)21-34)20-40(59)54-13-9-29(10-14-54)24-53-25-32-6-8-35(19-33(32)26-53)56-16-12-39(58)52-44(56)60/h5-8,19,21-23,29H,9-18,20,24-27H2,1-4H3,(H,49,50,51)(H,52,58,60). The first kappa shape index (κ1) is 42.0. The number of likely N-dealkylation sites (tertiary alicyclic amines) is 1. The van der Waals surface area contributed by atoms with Crippen molar-refractivity contribution >= 4 is 52.6 Å². The molecule has 16 nitrogen and oxygen atoms in total. The van der Waals surface area contributed by atoms with Crippen LogP contribution >= 0.6 is 0 Å². The molecule has 0 bridgehead atoms. The van der Waals surface area contributed by atoms with Gasteiger partial charge in [0.1, 0.15) is 23.7 Å². The zero-order chi connectivity index (χ0) is 44.0. The van der Waals surface area contributed by atoms with Gasteiger partial charge >= 0.3 is 12.1 Å². The van der Waals surface area contributed by atoms with Crippen molar-refractivity contribution < 1.29 is 33.0 Å². The van der Waals surface area contributed by atoms with E-state index < -0.39 is 17.5 Å². The van der Waals surface area contributed by atoms with Gasteiger partial charge in [-0.25, -0.2) is 28.9 Å². The predicted octanol–water partition coefficient (Wildman–Crippen LogP) is 6.00. The van der Waals surface area contributed by atoms with Gasteiger partial charge in [-0.2, -0.15) is 0 Å². The van der Waals surface area contributed by atoms with Crippen molar-refractivity contribution in [3.8, 4) is 5.88 Å². The molecule has 2 aromatic heterocycles. The zero-order valence-electron chi connectivity index (χ0n) is 36.2. The molecule has 0 aliphatic carbocycles. The Balaban J connectivity index is 0.770. The zero-order valence-corrected chi connectivity index (χ0v) is 36.2. The molecule has 0 atom stereocenters. The van der Waals surface area contributed by atoms with E-state index in [1.165, 1.54) is 17.2 Å². The molecular weight excluding hydrogens is 808 g/mol. The van der Waals surface area contributed by atoms with Crippen LogP contribution in [0.2, 0.25) is 0 Å². The fraction of sp³-hybridized carbons (Fsp3) is 0.457. The number of imide groups is 1. The van der Waals surface area contributed by atoms with Gasteiger partial charge in [0.2, 0.25) is 23.6 Å². The monoisotopic (exact) mass is 860 g/mol. The van der Waals surface area contributed by atoms with E-state index in [9.17, 15) is 19.2 Å². The Morgan fingerprint density at radius 1 is 0.937 bits per heavy atom. The summed E-state index contributed by atoms with van der Waals surface area (Å²) in [7, 11) is 0. The van der Waals surface area contributed by atoms with Crippen LogP contribution in [0.1, 0.15) is 73.5 Å². The number of nitrogens with zero attached hydrogens (tertiary/aromatic N) is 8. The molecule has 0 spiro atoms. The second-order valence-corrected chi connectivity index (χ2v) is 18.0. The molecule has 17 heteroatoms. The number of nitrogens with one attached hydrogen (secondary N) is 2. The van der Waals surface area contributed by atoms with Gasteiger partial charge in [0.05, 0.1) is 37.1 Å². The van der Waals surface area contributed by atoms with E-state index in [0.29, 0.717) is 87.0 Å². The summed E-state index contributed by atoms with van der Waals surface area (Å²) < 4.78 is 27.1. The minimum Gasteiger partial charge on any atom is -0.474 e. The number of piperidine rings is 1. The van der Waals surface area contributed by atoms with Gasteiger partial charge in [0, 0.05) is 75.4 Å². The summed E-state index contributed by atoms with van der Waals surface area (Å²) >= 11 is 0. The second kappa shape index (κ2) is 17.1. The molecule has 2 saturated heterocycles. The van der Waals surface area contributed by atoms with E-state index >= 15 is 4.39 Å². The van der Waals surface area contributed by atoms with Gasteiger partial charge in [-0.3, -0.25) is 29.6 Å². The average molecular weight is 861 g/mol. The summed E-state index contributed by atoms with van der Waals surface area (Å²) in [5, 5.41) is 5.54. The molecule has 4 aromatic rings. The normalized spacial score (nSPS) is 18.0. The number of anilines is 5. The van der Waals surface area contributed by atoms with Crippen LogP contribution in [0, 0.1) is 18.7 Å². The van der Waals surface area contributed by atoms with E-state index in [1.807, 2.05) is 38.7 Å². The lowest BCUT2D eigenvalue weighted by molar-refractivity contribution is -0.132. The first-order valence-electron chi connectivity index (χ1n) is 21.8. The van der Waals surface area contributed by atoms with Crippen LogP contribution in [-0.4, -0.2) is 100 Å². The van der Waals surface area contributed by atoms with E-state index in [-0.39, 0.29) is 30.7 Å². The number of fused-ring (bicyclic) bond motifs is 3. The van der Waals surface area contributed by atoms with Crippen molar-refractivity contribution in [3.05, 3.63) is 88.1 Å². The molecule has 9 rings (SSSR count). The van der Waals surface area contributed by atoms with Crippen molar-refractivity contribution in [1.29, 1.82) is 0 Å². The molecule has 63 heavy (non-hydrogen) atoms. The number of rotatable bonds is 8. The number of carbonyl (C=O) groups is 4. The molecule has 2 N–H and O–H groups in total. The lowest BCUT2D eigenvalue weighted by Gasteiger charge is -2.35. The molecule has 330 valence electrons. The average Bonchev–Trinajstić information content (AvgIpc) is 3.65. The number of hydrogen-bond donors (Lipinski definition) is 2. The molecule has 7 heterocycles. The molecule has 0 radical (unpaired) electrons. The summed E-state index contributed by atoms with van der Waals surface area (Å²) in [5.41, 5.74) is 7.56. The number of carbonyl (C=O) groups excluding carboxylic acids is 4. The summed E-state index contributed by atoms with van der Waals surface area (Å²) in [4.78, 5) is 74.1. The minimum absolute atomic E-state index is 0.0203. The maximum absolute atomic E-state index is 15.5. The Morgan fingerprint density at radius 2 is 1.75 bits per heavy atom. The first-order valence-corrected chi connectivity index (χ1v) is 21.8. The van der Waals surface area contributed by atoms with Gasteiger partial charge in [-0.15, -0.1) is 0 Å². The van der Waals surface area contributed by atoms with E-state index in [0.717, 1.165) is 60.7 Å². The second-order valence-electron chi connectivity index (χ2n) is 18.0. The Bertz CT molecular complexity index is 2470. The molecule has 5 aliphatic rings. The number of pyridine rings is 1. The molecule has 5 aliphatic heterocycles. The van der Waals surface area contributed by atoms with Crippen LogP contribution in [-0.2, 0) is 46.8 Å². The largest absolute Gasteiger partial charge is 0.474 e.